The monoisotopic (exact) mass is 382 g/mol. The van der Waals surface area contributed by atoms with Gasteiger partial charge in [-0.25, -0.2) is 4.68 Å². The van der Waals surface area contributed by atoms with Crippen LogP contribution in [0.4, 0.5) is 11.4 Å². The average molecular weight is 382 g/mol. The molecule has 144 valence electrons. The number of hydrogen-bond acceptors (Lipinski definition) is 3. The van der Waals surface area contributed by atoms with Crippen LogP contribution in [0.2, 0.25) is 0 Å². The van der Waals surface area contributed by atoms with Crippen LogP contribution in [0.15, 0.2) is 91.1 Å². The lowest BCUT2D eigenvalue weighted by atomic mass is 10.0. The molecule has 1 amide bonds. The summed E-state index contributed by atoms with van der Waals surface area (Å²) in [5.41, 5.74) is 11.0. The molecule has 0 unspecified atom stereocenters. The molecule has 5 heteroatoms. The van der Waals surface area contributed by atoms with Crippen molar-refractivity contribution in [3.63, 3.8) is 0 Å². The Labute approximate surface area is 169 Å². The van der Waals surface area contributed by atoms with E-state index in [1.165, 1.54) is 0 Å². The summed E-state index contributed by atoms with van der Waals surface area (Å²) in [6.45, 7) is 0. The molecule has 0 saturated heterocycles. The lowest BCUT2D eigenvalue weighted by Gasteiger charge is -2.08. The van der Waals surface area contributed by atoms with E-state index in [-0.39, 0.29) is 5.91 Å². The number of nitrogen functional groups attached to an aromatic ring is 1. The molecule has 4 rings (SSSR count). The molecule has 0 aliphatic rings. The van der Waals surface area contributed by atoms with E-state index in [1.54, 1.807) is 12.1 Å². The fourth-order valence-electron chi connectivity index (χ4n) is 3.22. The van der Waals surface area contributed by atoms with E-state index < -0.39 is 0 Å². The molecule has 3 N–H and O–H groups in total. The number of amides is 1. The second kappa shape index (κ2) is 8.44. The second-order valence-corrected chi connectivity index (χ2v) is 6.78. The normalized spacial score (nSPS) is 10.6. The van der Waals surface area contributed by atoms with Crippen LogP contribution in [-0.4, -0.2) is 15.7 Å². The SMILES string of the molecule is Nc1ccccc1NC(=O)CCc1cn(-c2ccccc2)nc1-c1ccccc1. The van der Waals surface area contributed by atoms with Gasteiger partial charge in [0, 0.05) is 18.2 Å². The molecule has 0 fully saturated rings. The van der Waals surface area contributed by atoms with Crippen molar-refractivity contribution in [2.75, 3.05) is 11.1 Å². The summed E-state index contributed by atoms with van der Waals surface area (Å²) < 4.78 is 1.87. The zero-order chi connectivity index (χ0) is 20.1. The number of aryl methyl sites for hydroxylation is 1. The minimum absolute atomic E-state index is 0.0747. The van der Waals surface area contributed by atoms with E-state index in [4.69, 9.17) is 10.8 Å². The molecule has 5 nitrogen and oxygen atoms in total. The third-order valence-electron chi connectivity index (χ3n) is 4.71. The summed E-state index contributed by atoms with van der Waals surface area (Å²) in [5, 5.41) is 7.68. The minimum atomic E-state index is -0.0747. The van der Waals surface area contributed by atoms with Crippen LogP contribution < -0.4 is 11.1 Å². The maximum atomic E-state index is 12.5. The molecule has 0 aliphatic carbocycles. The average Bonchev–Trinajstić information content (AvgIpc) is 3.20. The van der Waals surface area contributed by atoms with Gasteiger partial charge in [-0.05, 0) is 36.2 Å². The predicted molar refractivity (Wildman–Crippen MR) is 117 cm³/mol. The zero-order valence-corrected chi connectivity index (χ0v) is 16.0. The van der Waals surface area contributed by atoms with E-state index in [1.807, 2.05) is 83.7 Å². The van der Waals surface area contributed by atoms with E-state index >= 15 is 0 Å². The Hall–Kier alpha value is -3.86. The smallest absolute Gasteiger partial charge is 0.224 e. The third kappa shape index (κ3) is 4.35. The molecule has 3 aromatic carbocycles. The van der Waals surface area contributed by atoms with Crippen LogP contribution in [0.1, 0.15) is 12.0 Å². The van der Waals surface area contributed by atoms with Gasteiger partial charge in [0.25, 0.3) is 0 Å². The lowest BCUT2D eigenvalue weighted by molar-refractivity contribution is -0.116. The first-order chi connectivity index (χ1) is 14.2. The summed E-state index contributed by atoms with van der Waals surface area (Å²) >= 11 is 0. The number of benzene rings is 3. The molecule has 0 saturated carbocycles. The Morgan fingerprint density at radius 2 is 1.55 bits per heavy atom. The lowest BCUT2D eigenvalue weighted by Crippen LogP contribution is -2.13. The zero-order valence-electron chi connectivity index (χ0n) is 16.0. The molecule has 1 aromatic heterocycles. The minimum Gasteiger partial charge on any atom is -0.397 e. The Kier molecular flexibility index (Phi) is 5.38. The highest BCUT2D eigenvalue weighted by Crippen LogP contribution is 2.25. The highest BCUT2D eigenvalue weighted by Gasteiger charge is 2.14. The number of rotatable bonds is 6. The van der Waals surface area contributed by atoms with Crippen molar-refractivity contribution in [1.82, 2.24) is 9.78 Å². The second-order valence-electron chi connectivity index (χ2n) is 6.78. The number of aromatic nitrogens is 2. The number of nitrogens with two attached hydrogens (primary N) is 1. The van der Waals surface area contributed by atoms with Gasteiger partial charge in [0.05, 0.1) is 22.8 Å². The largest absolute Gasteiger partial charge is 0.397 e. The fourth-order valence-corrected chi connectivity index (χ4v) is 3.22. The molecular weight excluding hydrogens is 360 g/mol. The van der Waals surface area contributed by atoms with E-state index in [0.717, 1.165) is 22.5 Å². The molecule has 0 spiro atoms. The highest BCUT2D eigenvalue weighted by atomic mass is 16.1. The van der Waals surface area contributed by atoms with Gasteiger partial charge in [0.2, 0.25) is 5.91 Å². The van der Waals surface area contributed by atoms with E-state index in [9.17, 15) is 4.79 Å². The van der Waals surface area contributed by atoms with Crippen molar-refractivity contribution in [3.8, 4) is 16.9 Å². The van der Waals surface area contributed by atoms with Crippen molar-refractivity contribution in [1.29, 1.82) is 0 Å². The number of nitrogens with zero attached hydrogens (tertiary/aromatic N) is 2. The maximum Gasteiger partial charge on any atom is 0.224 e. The van der Waals surface area contributed by atoms with Crippen LogP contribution in [-0.2, 0) is 11.2 Å². The van der Waals surface area contributed by atoms with Crippen LogP contribution in [0, 0.1) is 0 Å². The Bertz CT molecular complexity index is 1100. The summed E-state index contributed by atoms with van der Waals surface area (Å²) in [7, 11) is 0. The number of carbonyl (C=O) groups excluding carboxylic acids is 1. The molecule has 1 heterocycles. The van der Waals surface area contributed by atoms with Crippen molar-refractivity contribution >= 4 is 17.3 Å². The molecule has 29 heavy (non-hydrogen) atoms. The standard InChI is InChI=1S/C24H22N4O/c25-21-13-7-8-14-22(21)26-23(29)16-15-19-17-28(20-11-5-2-6-12-20)27-24(19)18-9-3-1-4-10-18/h1-14,17H,15-16,25H2,(H,26,29). The molecule has 0 aliphatic heterocycles. The van der Waals surface area contributed by atoms with Crippen molar-refractivity contribution in [3.05, 3.63) is 96.7 Å². The maximum absolute atomic E-state index is 12.5. The summed E-state index contributed by atoms with van der Waals surface area (Å²) in [6.07, 6.45) is 2.92. The Balaban J connectivity index is 1.56. The first kappa shape index (κ1) is 18.5. The highest BCUT2D eigenvalue weighted by molar-refractivity contribution is 5.93. The number of carbonyl (C=O) groups is 1. The number of nitrogens with one attached hydrogen (secondary N) is 1. The topological polar surface area (TPSA) is 72.9 Å². The summed E-state index contributed by atoms with van der Waals surface area (Å²) in [6, 6.07) is 27.3. The number of anilines is 2. The first-order valence-electron chi connectivity index (χ1n) is 9.54. The quantitative estimate of drug-likeness (QED) is 0.475. The van der Waals surface area contributed by atoms with Gasteiger partial charge >= 0.3 is 0 Å². The van der Waals surface area contributed by atoms with Crippen LogP contribution in [0.25, 0.3) is 16.9 Å². The summed E-state index contributed by atoms with van der Waals surface area (Å²) in [5.74, 6) is -0.0747. The predicted octanol–water partition coefficient (Wildman–Crippen LogP) is 4.69. The van der Waals surface area contributed by atoms with Crippen molar-refractivity contribution < 1.29 is 4.79 Å². The van der Waals surface area contributed by atoms with Crippen LogP contribution >= 0.6 is 0 Å². The van der Waals surface area contributed by atoms with Crippen molar-refractivity contribution in [2.45, 2.75) is 12.8 Å². The van der Waals surface area contributed by atoms with E-state index in [0.29, 0.717) is 24.2 Å². The van der Waals surface area contributed by atoms with Crippen molar-refractivity contribution in [2.24, 2.45) is 0 Å². The number of para-hydroxylation sites is 3. The molecule has 0 bridgehead atoms. The van der Waals surface area contributed by atoms with Gasteiger partial charge in [0.15, 0.2) is 0 Å². The Morgan fingerprint density at radius 1 is 0.897 bits per heavy atom. The first-order valence-corrected chi connectivity index (χ1v) is 9.54. The van der Waals surface area contributed by atoms with Gasteiger partial charge < -0.3 is 11.1 Å². The van der Waals surface area contributed by atoms with Crippen LogP contribution in [0.5, 0.6) is 0 Å². The Morgan fingerprint density at radius 3 is 2.28 bits per heavy atom. The molecule has 0 atom stereocenters. The van der Waals surface area contributed by atoms with Gasteiger partial charge in [-0.3, -0.25) is 4.79 Å². The van der Waals surface area contributed by atoms with Crippen LogP contribution in [0.3, 0.4) is 0 Å². The van der Waals surface area contributed by atoms with E-state index in [2.05, 4.69) is 5.32 Å². The van der Waals surface area contributed by atoms with Gasteiger partial charge in [-0.1, -0.05) is 60.7 Å². The van der Waals surface area contributed by atoms with Gasteiger partial charge in [-0.2, -0.15) is 5.10 Å². The third-order valence-corrected chi connectivity index (χ3v) is 4.71. The summed E-state index contributed by atoms with van der Waals surface area (Å²) in [4.78, 5) is 12.5. The molecule has 4 aromatic rings. The van der Waals surface area contributed by atoms with Gasteiger partial charge in [0.1, 0.15) is 0 Å². The van der Waals surface area contributed by atoms with Gasteiger partial charge in [-0.15, -0.1) is 0 Å². The molecular formula is C24H22N4O. The fraction of sp³-hybridized carbons (Fsp3) is 0.0833. The number of hydrogen-bond donors (Lipinski definition) is 2. The molecule has 0 radical (unpaired) electrons.